The molecule has 0 aromatic heterocycles. The lowest BCUT2D eigenvalue weighted by atomic mass is 9.97. The topological polar surface area (TPSA) is 122 Å². The zero-order valence-electron chi connectivity index (χ0n) is 12.1. The van der Waals surface area contributed by atoms with Crippen LogP contribution in [-0.2, 0) is 9.59 Å². The maximum atomic E-state index is 11.5. The summed E-state index contributed by atoms with van der Waals surface area (Å²) >= 11 is 0. The van der Waals surface area contributed by atoms with Crippen molar-refractivity contribution in [2.24, 2.45) is 17.6 Å². The van der Waals surface area contributed by atoms with Gasteiger partial charge in [-0.15, -0.1) is 0 Å². The van der Waals surface area contributed by atoms with Crippen molar-refractivity contribution < 1.29 is 19.5 Å². The number of carbonyl (C=O) groups is 3. The fraction of sp³-hybridized carbons (Fsp3) is 0.769. The number of nitrogens with two attached hydrogens (primary N) is 1. The van der Waals surface area contributed by atoms with Gasteiger partial charge in [-0.05, 0) is 25.2 Å². The highest BCUT2D eigenvalue weighted by molar-refractivity contribution is 5.77. The zero-order chi connectivity index (χ0) is 15.5. The minimum absolute atomic E-state index is 0.159. The highest BCUT2D eigenvalue weighted by Gasteiger charge is 2.19. The van der Waals surface area contributed by atoms with Gasteiger partial charge in [-0.3, -0.25) is 9.59 Å². The van der Waals surface area contributed by atoms with Crippen LogP contribution < -0.4 is 16.4 Å². The largest absolute Gasteiger partial charge is 0.481 e. The molecule has 20 heavy (non-hydrogen) atoms. The van der Waals surface area contributed by atoms with Gasteiger partial charge < -0.3 is 21.5 Å². The Morgan fingerprint density at radius 1 is 1.15 bits per heavy atom. The maximum Gasteiger partial charge on any atom is 0.312 e. The summed E-state index contributed by atoms with van der Waals surface area (Å²) in [5.74, 6) is -1.33. The molecule has 0 saturated carbocycles. The van der Waals surface area contributed by atoms with Crippen LogP contribution in [-0.4, -0.2) is 36.1 Å². The summed E-state index contributed by atoms with van der Waals surface area (Å²) in [5.41, 5.74) is 4.90. The predicted octanol–water partition coefficient (Wildman–Crippen LogP) is 0.688. The van der Waals surface area contributed by atoms with Crippen LogP contribution in [0.15, 0.2) is 0 Å². The molecule has 116 valence electrons. The number of nitrogens with one attached hydrogen (secondary N) is 2. The van der Waals surface area contributed by atoms with Gasteiger partial charge in [-0.2, -0.15) is 0 Å². The van der Waals surface area contributed by atoms with Crippen LogP contribution in [0.1, 0.15) is 39.5 Å². The number of carboxylic acids is 1. The quantitative estimate of drug-likeness (QED) is 0.441. The summed E-state index contributed by atoms with van der Waals surface area (Å²) < 4.78 is 0. The first-order chi connectivity index (χ1) is 9.32. The van der Waals surface area contributed by atoms with Gasteiger partial charge in [0.15, 0.2) is 0 Å². The fourth-order valence-corrected chi connectivity index (χ4v) is 1.79. The highest BCUT2D eigenvalue weighted by Crippen LogP contribution is 2.11. The molecular weight excluding hydrogens is 262 g/mol. The number of carboxylic acid groups (broad SMARTS) is 1. The molecule has 0 spiro atoms. The van der Waals surface area contributed by atoms with Gasteiger partial charge in [0, 0.05) is 19.5 Å². The SMILES string of the molecule is CC(C)CC(CNC(=O)CCCCNC(N)=O)C(=O)O. The van der Waals surface area contributed by atoms with Crippen molar-refractivity contribution in [3.8, 4) is 0 Å². The summed E-state index contributed by atoms with van der Waals surface area (Å²) in [5, 5.41) is 14.1. The first-order valence-electron chi connectivity index (χ1n) is 6.85. The van der Waals surface area contributed by atoms with E-state index >= 15 is 0 Å². The van der Waals surface area contributed by atoms with E-state index in [0.717, 1.165) is 0 Å². The Hall–Kier alpha value is -1.79. The summed E-state index contributed by atoms with van der Waals surface area (Å²) in [4.78, 5) is 32.9. The average molecular weight is 287 g/mol. The van der Waals surface area contributed by atoms with Gasteiger partial charge in [0.25, 0.3) is 0 Å². The molecule has 0 radical (unpaired) electrons. The summed E-state index contributed by atoms with van der Waals surface area (Å²) in [6.07, 6.45) is 2.13. The molecule has 0 bridgehead atoms. The third-order valence-corrected chi connectivity index (χ3v) is 2.78. The molecule has 5 N–H and O–H groups in total. The van der Waals surface area contributed by atoms with Crippen LogP contribution >= 0.6 is 0 Å². The molecule has 0 aromatic rings. The number of unbranched alkanes of at least 4 members (excludes halogenated alkanes) is 1. The van der Waals surface area contributed by atoms with Crippen LogP contribution in [0, 0.1) is 11.8 Å². The van der Waals surface area contributed by atoms with E-state index in [1.807, 2.05) is 13.8 Å². The van der Waals surface area contributed by atoms with E-state index in [1.165, 1.54) is 0 Å². The molecule has 1 unspecified atom stereocenters. The number of hydrogen-bond acceptors (Lipinski definition) is 3. The lowest BCUT2D eigenvalue weighted by molar-refractivity contribution is -0.142. The lowest BCUT2D eigenvalue weighted by Crippen LogP contribution is -2.33. The minimum Gasteiger partial charge on any atom is -0.481 e. The first kappa shape index (κ1) is 18.2. The monoisotopic (exact) mass is 287 g/mol. The van der Waals surface area contributed by atoms with Crippen molar-refractivity contribution in [1.82, 2.24) is 10.6 Å². The first-order valence-corrected chi connectivity index (χ1v) is 6.85. The lowest BCUT2D eigenvalue weighted by Gasteiger charge is -2.15. The van der Waals surface area contributed by atoms with Gasteiger partial charge in [0.05, 0.1) is 5.92 Å². The molecule has 0 saturated heterocycles. The highest BCUT2D eigenvalue weighted by atomic mass is 16.4. The molecule has 7 nitrogen and oxygen atoms in total. The molecule has 1 atom stereocenters. The standard InChI is InChI=1S/C13H25N3O4/c1-9(2)7-10(12(18)19)8-16-11(17)5-3-4-6-15-13(14)20/h9-10H,3-8H2,1-2H3,(H,16,17)(H,18,19)(H3,14,15,20). The Kier molecular flexibility index (Phi) is 9.15. The molecular formula is C13H25N3O4. The molecule has 7 heteroatoms. The summed E-state index contributed by atoms with van der Waals surface area (Å²) in [7, 11) is 0. The number of rotatable bonds is 10. The molecule has 3 amide bonds. The third kappa shape index (κ3) is 10.2. The Morgan fingerprint density at radius 2 is 1.80 bits per heavy atom. The van der Waals surface area contributed by atoms with E-state index in [2.05, 4.69) is 10.6 Å². The van der Waals surface area contributed by atoms with Crippen molar-refractivity contribution in [1.29, 1.82) is 0 Å². The van der Waals surface area contributed by atoms with E-state index in [1.54, 1.807) is 0 Å². The van der Waals surface area contributed by atoms with Gasteiger partial charge in [-0.25, -0.2) is 4.79 Å². The summed E-state index contributed by atoms with van der Waals surface area (Å²) in [6.45, 7) is 4.49. The van der Waals surface area contributed by atoms with Crippen LogP contribution in [0.25, 0.3) is 0 Å². The fourth-order valence-electron chi connectivity index (χ4n) is 1.79. The van der Waals surface area contributed by atoms with Gasteiger partial charge in [0.1, 0.15) is 0 Å². The van der Waals surface area contributed by atoms with Crippen molar-refractivity contribution in [3.63, 3.8) is 0 Å². The van der Waals surface area contributed by atoms with E-state index in [9.17, 15) is 14.4 Å². The van der Waals surface area contributed by atoms with Gasteiger partial charge in [-0.1, -0.05) is 13.8 Å². The van der Waals surface area contributed by atoms with Crippen molar-refractivity contribution in [2.45, 2.75) is 39.5 Å². The average Bonchev–Trinajstić information content (AvgIpc) is 2.32. The maximum absolute atomic E-state index is 11.5. The molecule has 0 heterocycles. The number of primary amides is 1. The second-order valence-electron chi connectivity index (χ2n) is 5.22. The smallest absolute Gasteiger partial charge is 0.312 e. The molecule has 0 aliphatic heterocycles. The number of aliphatic carboxylic acids is 1. The van der Waals surface area contributed by atoms with E-state index < -0.39 is 17.9 Å². The van der Waals surface area contributed by atoms with Crippen LogP contribution in [0.4, 0.5) is 4.79 Å². The normalized spacial score (nSPS) is 11.9. The van der Waals surface area contributed by atoms with Crippen molar-refractivity contribution >= 4 is 17.9 Å². The molecule has 0 aliphatic rings. The Labute approximate surface area is 119 Å². The number of amides is 3. The third-order valence-electron chi connectivity index (χ3n) is 2.78. The predicted molar refractivity (Wildman–Crippen MR) is 75.0 cm³/mol. The minimum atomic E-state index is -0.885. The van der Waals surface area contributed by atoms with Crippen LogP contribution in [0.2, 0.25) is 0 Å². The zero-order valence-corrected chi connectivity index (χ0v) is 12.1. The number of hydrogen-bond donors (Lipinski definition) is 4. The van der Waals surface area contributed by atoms with Crippen LogP contribution in [0.5, 0.6) is 0 Å². The van der Waals surface area contributed by atoms with E-state index in [4.69, 9.17) is 10.8 Å². The Bertz CT molecular complexity index is 332. The number of urea groups is 1. The second-order valence-corrected chi connectivity index (χ2v) is 5.22. The van der Waals surface area contributed by atoms with Crippen LogP contribution in [0.3, 0.4) is 0 Å². The molecule has 0 fully saturated rings. The Balaban J connectivity index is 3.79. The molecule has 0 aromatic carbocycles. The van der Waals surface area contributed by atoms with E-state index in [0.29, 0.717) is 32.2 Å². The number of carbonyl (C=O) groups excluding carboxylic acids is 2. The molecule has 0 aliphatic carbocycles. The van der Waals surface area contributed by atoms with Gasteiger partial charge in [0.2, 0.25) is 5.91 Å². The molecule has 0 rings (SSSR count). The Morgan fingerprint density at radius 3 is 2.30 bits per heavy atom. The second kappa shape index (κ2) is 10.1. The summed E-state index contributed by atoms with van der Waals surface area (Å²) in [6, 6.07) is -0.576. The van der Waals surface area contributed by atoms with E-state index in [-0.39, 0.29) is 18.4 Å². The van der Waals surface area contributed by atoms with Gasteiger partial charge >= 0.3 is 12.0 Å². The van der Waals surface area contributed by atoms with Crippen molar-refractivity contribution in [2.75, 3.05) is 13.1 Å². The van der Waals surface area contributed by atoms with Crippen molar-refractivity contribution in [3.05, 3.63) is 0 Å².